The van der Waals surface area contributed by atoms with Crippen LogP contribution in [0.25, 0.3) is 0 Å². The molecule has 2 N–H and O–H groups in total. The summed E-state index contributed by atoms with van der Waals surface area (Å²) < 4.78 is 5.29. The Kier molecular flexibility index (Phi) is 7.34. The van der Waals surface area contributed by atoms with Gasteiger partial charge >= 0.3 is 0 Å². The summed E-state index contributed by atoms with van der Waals surface area (Å²) in [4.78, 5) is 12.2. The van der Waals surface area contributed by atoms with Crippen molar-refractivity contribution in [2.45, 2.75) is 6.42 Å². The lowest BCUT2D eigenvalue weighted by molar-refractivity contribution is -0.112. The molecule has 0 aromatic heterocycles. The highest BCUT2D eigenvalue weighted by atomic mass is 35.5. The minimum absolute atomic E-state index is 0.0592. The number of rotatable bonds is 7. The molecular weight excluding hydrogens is 373 g/mol. The third-order valence-corrected chi connectivity index (χ3v) is 4.07. The first-order valence-corrected chi connectivity index (χ1v) is 8.52. The first kappa shape index (κ1) is 19.6. The van der Waals surface area contributed by atoms with Crippen molar-refractivity contribution < 1.29 is 9.53 Å². The Bertz CT molecular complexity index is 860. The Morgan fingerprint density at radius 2 is 2.04 bits per heavy atom. The van der Waals surface area contributed by atoms with Crippen LogP contribution < -0.4 is 15.4 Å². The van der Waals surface area contributed by atoms with Gasteiger partial charge in [0.2, 0.25) is 0 Å². The van der Waals surface area contributed by atoms with Crippen molar-refractivity contribution in [1.82, 2.24) is 5.32 Å². The summed E-state index contributed by atoms with van der Waals surface area (Å²) in [5.41, 5.74) is 1.36. The molecule has 2 aromatic rings. The molecule has 0 fully saturated rings. The van der Waals surface area contributed by atoms with E-state index in [1.165, 1.54) is 12.3 Å². The lowest BCUT2D eigenvalue weighted by Crippen LogP contribution is -2.18. The number of nitriles is 1. The quantitative estimate of drug-likeness (QED) is 0.423. The van der Waals surface area contributed by atoms with E-state index in [1.54, 1.807) is 19.2 Å². The van der Waals surface area contributed by atoms with Gasteiger partial charge in [0.1, 0.15) is 17.4 Å². The number of nitrogens with zero attached hydrogens (tertiary/aromatic N) is 1. The lowest BCUT2D eigenvalue weighted by atomic mass is 10.1. The molecule has 7 heteroatoms. The minimum Gasteiger partial charge on any atom is -0.496 e. The van der Waals surface area contributed by atoms with Gasteiger partial charge in [0.25, 0.3) is 5.91 Å². The maximum absolute atomic E-state index is 12.2. The fourth-order valence-corrected chi connectivity index (χ4v) is 2.68. The number of methoxy groups -OCH3 is 1. The molecule has 0 saturated carbocycles. The molecule has 0 atom stereocenters. The van der Waals surface area contributed by atoms with Crippen LogP contribution in [0.4, 0.5) is 5.69 Å². The second kappa shape index (κ2) is 9.71. The molecule has 0 radical (unpaired) electrons. The molecule has 2 aromatic carbocycles. The zero-order chi connectivity index (χ0) is 18.9. The van der Waals surface area contributed by atoms with Crippen LogP contribution in [0.15, 0.2) is 54.2 Å². The normalized spacial score (nSPS) is 10.8. The highest BCUT2D eigenvalue weighted by Crippen LogP contribution is 2.25. The number of nitrogens with one attached hydrogen (secondary N) is 2. The van der Waals surface area contributed by atoms with E-state index in [0.717, 1.165) is 11.3 Å². The van der Waals surface area contributed by atoms with Gasteiger partial charge in [0.15, 0.2) is 0 Å². The van der Waals surface area contributed by atoms with Crippen molar-refractivity contribution in [3.63, 3.8) is 0 Å². The number of amides is 1. The third-order valence-electron chi connectivity index (χ3n) is 3.52. The molecule has 0 bridgehead atoms. The monoisotopic (exact) mass is 389 g/mol. The van der Waals surface area contributed by atoms with Crippen molar-refractivity contribution in [3.05, 3.63) is 69.8 Å². The predicted molar refractivity (Wildman–Crippen MR) is 103 cm³/mol. The summed E-state index contributed by atoms with van der Waals surface area (Å²) in [7, 11) is 1.62. The molecule has 0 aliphatic heterocycles. The average molecular weight is 390 g/mol. The molecule has 0 aliphatic carbocycles. The van der Waals surface area contributed by atoms with E-state index in [-0.39, 0.29) is 5.57 Å². The van der Waals surface area contributed by atoms with Crippen LogP contribution in [0.3, 0.4) is 0 Å². The second-order valence-corrected chi connectivity index (χ2v) is 6.11. The van der Waals surface area contributed by atoms with E-state index in [9.17, 15) is 10.1 Å². The van der Waals surface area contributed by atoms with Crippen molar-refractivity contribution in [2.24, 2.45) is 0 Å². The van der Waals surface area contributed by atoms with Gasteiger partial charge in [-0.25, -0.2) is 0 Å². The number of hydrogen-bond donors (Lipinski definition) is 2. The van der Waals surface area contributed by atoms with Crippen molar-refractivity contribution in [3.8, 4) is 11.8 Å². The van der Waals surface area contributed by atoms with Crippen LogP contribution in [-0.2, 0) is 11.2 Å². The zero-order valence-corrected chi connectivity index (χ0v) is 15.6. The van der Waals surface area contributed by atoms with Gasteiger partial charge in [-0.15, -0.1) is 0 Å². The smallest absolute Gasteiger partial charge is 0.267 e. The average Bonchev–Trinajstić information content (AvgIpc) is 2.64. The van der Waals surface area contributed by atoms with E-state index in [4.69, 9.17) is 27.9 Å². The lowest BCUT2D eigenvalue weighted by Gasteiger charge is -2.09. The van der Waals surface area contributed by atoms with Crippen LogP contribution in [0, 0.1) is 11.3 Å². The molecule has 5 nitrogen and oxygen atoms in total. The van der Waals surface area contributed by atoms with Gasteiger partial charge in [0, 0.05) is 17.8 Å². The maximum Gasteiger partial charge on any atom is 0.267 e. The van der Waals surface area contributed by atoms with Gasteiger partial charge in [-0.1, -0.05) is 41.4 Å². The second-order valence-electron chi connectivity index (χ2n) is 5.26. The molecule has 26 heavy (non-hydrogen) atoms. The number of anilines is 1. The number of carbonyl (C=O) groups excluding carboxylic acids is 1. The number of ether oxygens (including phenoxy) is 1. The number of benzene rings is 2. The summed E-state index contributed by atoms with van der Waals surface area (Å²) in [6.07, 6.45) is 2.07. The highest BCUT2D eigenvalue weighted by Gasteiger charge is 2.11. The first-order chi connectivity index (χ1) is 12.5. The Labute approximate surface area is 162 Å². The van der Waals surface area contributed by atoms with E-state index in [0.29, 0.717) is 28.7 Å². The number of hydrogen-bond acceptors (Lipinski definition) is 4. The standard InChI is InChI=1S/C19H17Cl2N3O2/c1-26-18-5-3-2-4-13(18)8-9-23-12-14(11-22)19(25)24-17-7-6-15(20)10-16(17)21/h2-7,10,12,23H,8-9H2,1H3,(H,24,25)/b14-12-. The SMILES string of the molecule is COc1ccccc1CCN/C=C(/C#N)C(=O)Nc1ccc(Cl)cc1Cl. The minimum atomic E-state index is -0.554. The van der Waals surface area contributed by atoms with Gasteiger partial charge in [-0.3, -0.25) is 4.79 Å². The summed E-state index contributed by atoms with van der Waals surface area (Å²) in [5, 5.41) is 15.5. The van der Waals surface area contributed by atoms with Crippen LogP contribution in [0.2, 0.25) is 10.0 Å². The fourth-order valence-electron chi connectivity index (χ4n) is 2.22. The molecule has 0 heterocycles. The Morgan fingerprint density at radius 1 is 1.27 bits per heavy atom. The number of halogens is 2. The summed E-state index contributed by atoms with van der Waals surface area (Å²) in [5.74, 6) is 0.246. The highest BCUT2D eigenvalue weighted by molar-refractivity contribution is 6.36. The summed E-state index contributed by atoms with van der Waals surface area (Å²) in [6, 6.07) is 14.2. The molecule has 134 valence electrons. The first-order valence-electron chi connectivity index (χ1n) is 7.77. The molecule has 0 unspecified atom stereocenters. The van der Waals surface area contributed by atoms with Gasteiger partial charge in [-0.05, 0) is 36.2 Å². The third kappa shape index (κ3) is 5.41. The number of carbonyl (C=O) groups is 1. The van der Waals surface area contributed by atoms with Crippen molar-refractivity contribution >= 4 is 34.8 Å². The van der Waals surface area contributed by atoms with E-state index in [1.807, 2.05) is 30.3 Å². The molecule has 0 spiro atoms. The summed E-state index contributed by atoms with van der Waals surface area (Å²) >= 11 is 11.8. The molecular formula is C19H17Cl2N3O2. The van der Waals surface area contributed by atoms with Crippen molar-refractivity contribution in [1.29, 1.82) is 5.26 Å². The largest absolute Gasteiger partial charge is 0.496 e. The van der Waals surface area contributed by atoms with Crippen LogP contribution in [0.1, 0.15) is 5.56 Å². The van der Waals surface area contributed by atoms with Crippen LogP contribution in [0.5, 0.6) is 5.75 Å². The fraction of sp³-hybridized carbons (Fsp3) is 0.158. The van der Waals surface area contributed by atoms with Gasteiger partial charge < -0.3 is 15.4 Å². The molecule has 2 rings (SSSR count). The van der Waals surface area contributed by atoms with Crippen LogP contribution >= 0.6 is 23.2 Å². The predicted octanol–water partition coefficient (Wildman–Crippen LogP) is 4.18. The topological polar surface area (TPSA) is 74.1 Å². The Hall–Kier alpha value is -2.68. The Balaban J connectivity index is 1.94. The van der Waals surface area contributed by atoms with E-state index in [2.05, 4.69) is 10.6 Å². The summed E-state index contributed by atoms with van der Waals surface area (Å²) in [6.45, 7) is 0.542. The van der Waals surface area contributed by atoms with Crippen molar-refractivity contribution in [2.75, 3.05) is 19.0 Å². The maximum atomic E-state index is 12.2. The van der Waals surface area contributed by atoms with E-state index < -0.39 is 5.91 Å². The molecule has 0 saturated heterocycles. The molecule has 0 aliphatic rings. The van der Waals surface area contributed by atoms with Crippen LogP contribution in [-0.4, -0.2) is 19.6 Å². The van der Waals surface area contributed by atoms with E-state index >= 15 is 0 Å². The van der Waals surface area contributed by atoms with Gasteiger partial charge in [0.05, 0.1) is 17.8 Å². The zero-order valence-electron chi connectivity index (χ0n) is 14.1. The molecule has 1 amide bonds. The Morgan fingerprint density at radius 3 is 2.73 bits per heavy atom. The van der Waals surface area contributed by atoms with Gasteiger partial charge in [-0.2, -0.15) is 5.26 Å². The number of para-hydroxylation sites is 1.